The average molecular weight is 472 g/mol. The van der Waals surface area contributed by atoms with Gasteiger partial charge in [0, 0.05) is 21.8 Å². The number of esters is 1. The van der Waals surface area contributed by atoms with Crippen molar-refractivity contribution in [2.75, 3.05) is 12.0 Å². The Hall–Kier alpha value is -2.19. The van der Waals surface area contributed by atoms with Crippen molar-refractivity contribution in [2.45, 2.75) is 5.50 Å². The van der Waals surface area contributed by atoms with Crippen molar-refractivity contribution in [3.05, 3.63) is 74.1 Å². The van der Waals surface area contributed by atoms with E-state index in [1.807, 2.05) is 0 Å². The van der Waals surface area contributed by atoms with Crippen LogP contribution in [0.1, 0.15) is 10.4 Å². The van der Waals surface area contributed by atoms with Crippen molar-refractivity contribution in [1.82, 2.24) is 5.32 Å². The maximum atomic E-state index is 12.9. The lowest BCUT2D eigenvalue weighted by atomic mass is 10.2. The molecule has 2 aromatic carbocycles. The summed E-state index contributed by atoms with van der Waals surface area (Å²) in [5.74, 6) is -1.64. The summed E-state index contributed by atoms with van der Waals surface area (Å²) in [4.78, 5) is 38.7. The monoisotopic (exact) mass is 470 g/mol. The third-order valence-electron chi connectivity index (χ3n) is 3.89. The minimum Gasteiger partial charge on any atom is -0.466 e. The quantitative estimate of drug-likeness (QED) is 0.525. The molecule has 1 saturated heterocycles. The van der Waals surface area contributed by atoms with Crippen LogP contribution in [0.5, 0.6) is 0 Å². The minimum absolute atomic E-state index is 0.124. The van der Waals surface area contributed by atoms with Crippen molar-refractivity contribution in [3.8, 4) is 0 Å². The number of anilines is 1. The highest BCUT2D eigenvalue weighted by Crippen LogP contribution is 2.37. The molecule has 1 aliphatic rings. The normalized spacial score (nSPS) is 17.5. The first kappa shape index (κ1) is 21.5. The first-order chi connectivity index (χ1) is 13.8. The van der Waals surface area contributed by atoms with Crippen molar-refractivity contribution >= 4 is 70.0 Å². The number of methoxy groups -OCH3 is 1. The van der Waals surface area contributed by atoms with Crippen molar-refractivity contribution in [1.29, 1.82) is 0 Å². The number of thioether (sulfide) groups is 1. The molecule has 1 aliphatic heterocycles. The standard InChI is InChI=1S/C19H13Cl3N2O4S/c1-28-16(25)9-15-18(27)24(12-5-2-10(20)3-6-12)19(29-15)23-17(26)13-7-4-11(21)8-14(13)22/h2-9,19H,1H3,(H,23,26)/b15-9-. The second kappa shape index (κ2) is 9.09. The summed E-state index contributed by atoms with van der Waals surface area (Å²) in [7, 11) is 1.21. The molecule has 0 aromatic heterocycles. The van der Waals surface area contributed by atoms with Gasteiger partial charge in [0.1, 0.15) is 0 Å². The van der Waals surface area contributed by atoms with Gasteiger partial charge in [-0.1, -0.05) is 46.6 Å². The zero-order valence-corrected chi connectivity index (χ0v) is 17.9. The molecule has 29 heavy (non-hydrogen) atoms. The molecule has 0 saturated carbocycles. The van der Waals surface area contributed by atoms with Gasteiger partial charge in [-0.15, -0.1) is 0 Å². The number of amides is 2. The number of hydrogen-bond donors (Lipinski definition) is 1. The van der Waals surface area contributed by atoms with Crippen LogP contribution >= 0.6 is 46.6 Å². The molecule has 0 spiro atoms. The van der Waals surface area contributed by atoms with Crippen LogP contribution in [-0.2, 0) is 14.3 Å². The van der Waals surface area contributed by atoms with Crippen LogP contribution < -0.4 is 10.2 Å². The largest absolute Gasteiger partial charge is 0.466 e. The van der Waals surface area contributed by atoms with Crippen LogP contribution in [0.15, 0.2) is 53.4 Å². The van der Waals surface area contributed by atoms with E-state index in [1.54, 1.807) is 24.3 Å². The minimum atomic E-state index is -0.821. The molecular formula is C19H13Cl3N2O4S. The molecule has 6 nitrogen and oxygen atoms in total. The number of nitrogens with one attached hydrogen (secondary N) is 1. The van der Waals surface area contributed by atoms with E-state index in [-0.39, 0.29) is 15.5 Å². The van der Waals surface area contributed by atoms with E-state index in [4.69, 9.17) is 34.8 Å². The summed E-state index contributed by atoms with van der Waals surface area (Å²) < 4.78 is 4.60. The number of benzene rings is 2. The second-order valence-electron chi connectivity index (χ2n) is 5.75. The maximum absolute atomic E-state index is 12.9. The molecule has 2 amide bonds. The van der Waals surface area contributed by atoms with Crippen LogP contribution in [0.4, 0.5) is 5.69 Å². The Labute approximate surface area is 185 Å². The second-order valence-corrected chi connectivity index (χ2v) is 8.15. The van der Waals surface area contributed by atoms with Gasteiger partial charge in [0.15, 0.2) is 5.50 Å². The van der Waals surface area contributed by atoms with E-state index < -0.39 is 23.3 Å². The van der Waals surface area contributed by atoms with Crippen molar-refractivity contribution in [2.24, 2.45) is 0 Å². The summed E-state index contributed by atoms with van der Waals surface area (Å²) in [6.07, 6.45) is 1.08. The maximum Gasteiger partial charge on any atom is 0.331 e. The lowest BCUT2D eigenvalue weighted by molar-refractivity contribution is -0.135. The number of carbonyl (C=O) groups is 3. The molecule has 10 heteroatoms. The van der Waals surface area contributed by atoms with Crippen LogP contribution in [0, 0.1) is 0 Å². The lowest BCUT2D eigenvalue weighted by Gasteiger charge is -2.24. The molecule has 1 N–H and O–H groups in total. The van der Waals surface area contributed by atoms with Crippen molar-refractivity contribution in [3.63, 3.8) is 0 Å². The van der Waals surface area contributed by atoms with E-state index in [0.717, 1.165) is 17.8 Å². The molecule has 1 atom stereocenters. The highest BCUT2D eigenvalue weighted by Gasteiger charge is 2.39. The average Bonchev–Trinajstić information content (AvgIpc) is 2.97. The Morgan fingerprint density at radius 1 is 1.10 bits per heavy atom. The number of rotatable bonds is 4. The van der Waals surface area contributed by atoms with E-state index in [9.17, 15) is 14.4 Å². The van der Waals surface area contributed by atoms with Crippen LogP contribution in [0.3, 0.4) is 0 Å². The molecule has 1 unspecified atom stereocenters. The summed E-state index contributed by atoms with van der Waals surface area (Å²) in [6, 6.07) is 11.0. The predicted molar refractivity (Wildman–Crippen MR) is 114 cm³/mol. The van der Waals surface area contributed by atoms with Gasteiger partial charge in [-0.25, -0.2) is 4.79 Å². The molecule has 1 fully saturated rings. The van der Waals surface area contributed by atoms with Crippen molar-refractivity contribution < 1.29 is 19.1 Å². The van der Waals surface area contributed by atoms with Gasteiger partial charge < -0.3 is 10.1 Å². The molecular weight excluding hydrogens is 459 g/mol. The Bertz CT molecular complexity index is 1010. The van der Waals surface area contributed by atoms with Gasteiger partial charge in [0.2, 0.25) is 0 Å². The van der Waals surface area contributed by atoms with Gasteiger partial charge in [-0.3, -0.25) is 14.5 Å². The summed E-state index contributed by atoms with van der Waals surface area (Å²) in [6.45, 7) is 0. The third-order valence-corrected chi connectivity index (χ3v) is 5.79. The summed E-state index contributed by atoms with van der Waals surface area (Å²) in [5, 5.41) is 3.80. The fraction of sp³-hybridized carbons (Fsp3) is 0.105. The highest BCUT2D eigenvalue weighted by atomic mass is 35.5. The number of nitrogens with zero attached hydrogens (tertiary/aromatic N) is 1. The summed E-state index contributed by atoms with van der Waals surface area (Å²) >= 11 is 18.9. The van der Waals surface area contributed by atoms with Crippen LogP contribution in [0.2, 0.25) is 15.1 Å². The van der Waals surface area contributed by atoms with Gasteiger partial charge in [0.05, 0.1) is 22.6 Å². The molecule has 2 aromatic rings. The number of carbonyl (C=O) groups excluding carboxylic acids is 3. The topological polar surface area (TPSA) is 75.7 Å². The zero-order valence-electron chi connectivity index (χ0n) is 14.8. The fourth-order valence-electron chi connectivity index (χ4n) is 2.52. The summed E-state index contributed by atoms with van der Waals surface area (Å²) in [5.41, 5.74) is -0.128. The van der Waals surface area contributed by atoms with E-state index in [1.165, 1.54) is 30.2 Å². The zero-order chi connectivity index (χ0) is 21.1. The third kappa shape index (κ3) is 4.87. The molecule has 1 heterocycles. The highest BCUT2D eigenvalue weighted by molar-refractivity contribution is 8.05. The van der Waals surface area contributed by atoms with Gasteiger partial charge in [-0.2, -0.15) is 0 Å². The number of hydrogen-bond acceptors (Lipinski definition) is 5. The smallest absolute Gasteiger partial charge is 0.331 e. The molecule has 150 valence electrons. The molecule has 0 bridgehead atoms. The number of halogens is 3. The fourth-order valence-corrected chi connectivity index (χ4v) is 4.24. The van der Waals surface area contributed by atoms with Gasteiger partial charge in [0.25, 0.3) is 11.8 Å². The molecule has 0 radical (unpaired) electrons. The molecule has 0 aliphatic carbocycles. The lowest BCUT2D eigenvalue weighted by Crippen LogP contribution is -2.44. The Morgan fingerprint density at radius 3 is 2.38 bits per heavy atom. The first-order valence-corrected chi connectivity index (χ1v) is 10.1. The van der Waals surface area contributed by atoms with E-state index in [2.05, 4.69) is 10.1 Å². The van der Waals surface area contributed by atoms with Crippen LogP contribution in [-0.4, -0.2) is 30.4 Å². The first-order valence-electron chi connectivity index (χ1n) is 8.11. The Balaban J connectivity index is 1.93. The van der Waals surface area contributed by atoms with E-state index >= 15 is 0 Å². The molecule has 3 rings (SSSR count). The Kier molecular flexibility index (Phi) is 6.74. The van der Waals surface area contributed by atoms with E-state index in [0.29, 0.717) is 15.7 Å². The van der Waals surface area contributed by atoms with Crippen LogP contribution in [0.25, 0.3) is 0 Å². The Morgan fingerprint density at radius 2 is 1.76 bits per heavy atom. The van der Waals surface area contributed by atoms with Gasteiger partial charge in [-0.05, 0) is 42.5 Å². The van der Waals surface area contributed by atoms with Gasteiger partial charge >= 0.3 is 5.97 Å². The number of ether oxygens (including phenoxy) is 1. The SMILES string of the molecule is COC(=O)/C=C1\SC(NC(=O)c2ccc(Cl)cc2Cl)N(c2ccc(Cl)cc2)C1=O. The predicted octanol–water partition coefficient (Wildman–Crippen LogP) is 4.50.